The van der Waals surface area contributed by atoms with Gasteiger partial charge in [0, 0.05) is 0 Å². The summed E-state index contributed by atoms with van der Waals surface area (Å²) < 4.78 is 4.89. The molecule has 0 saturated heterocycles. The van der Waals surface area contributed by atoms with Crippen LogP contribution in [0.1, 0.15) is 26.7 Å². The largest absolute Gasteiger partial charge is 0.464 e. The lowest BCUT2D eigenvalue weighted by atomic mass is 10.1. The lowest BCUT2D eigenvalue weighted by Gasteiger charge is -2.12. The van der Waals surface area contributed by atoms with Crippen LogP contribution in [0.25, 0.3) is 0 Å². The van der Waals surface area contributed by atoms with Crippen LogP contribution in [0.2, 0.25) is 0 Å². The summed E-state index contributed by atoms with van der Waals surface area (Å²) in [5, 5.41) is 8.55. The predicted molar refractivity (Wildman–Crippen MR) is 50.1 cm³/mol. The van der Waals surface area contributed by atoms with Crippen molar-refractivity contribution in [1.29, 1.82) is 0 Å². The Morgan fingerprint density at radius 3 is 2.69 bits per heavy atom. The molecular formula is C9H19NO3. The van der Waals surface area contributed by atoms with Gasteiger partial charge in [-0.15, -0.1) is 0 Å². The second kappa shape index (κ2) is 6.86. The van der Waals surface area contributed by atoms with E-state index in [4.69, 9.17) is 15.6 Å². The fourth-order valence-corrected chi connectivity index (χ4v) is 0.982. The van der Waals surface area contributed by atoms with Crippen molar-refractivity contribution in [2.24, 2.45) is 11.7 Å². The van der Waals surface area contributed by atoms with Crippen LogP contribution in [0.3, 0.4) is 0 Å². The number of carbonyl (C=O) groups excluding carboxylic acids is 1. The molecule has 4 nitrogen and oxygen atoms in total. The van der Waals surface area contributed by atoms with E-state index in [1.54, 1.807) is 0 Å². The first-order chi connectivity index (χ1) is 6.11. The molecule has 0 bridgehead atoms. The van der Waals surface area contributed by atoms with E-state index in [0.29, 0.717) is 12.5 Å². The van der Waals surface area contributed by atoms with Crippen molar-refractivity contribution in [3.8, 4) is 0 Å². The molecule has 0 aliphatic heterocycles. The molecule has 0 aromatic heterocycles. The Hall–Kier alpha value is -0.610. The van der Waals surface area contributed by atoms with Gasteiger partial charge < -0.3 is 15.6 Å². The summed E-state index contributed by atoms with van der Waals surface area (Å²) in [6.07, 6.45) is 2.10. The summed E-state index contributed by atoms with van der Waals surface area (Å²) in [6.45, 7) is 4.13. The Kier molecular flexibility index (Phi) is 6.54. The normalized spacial score (nSPS) is 15.1. The van der Waals surface area contributed by atoms with Crippen LogP contribution in [0.15, 0.2) is 0 Å². The topological polar surface area (TPSA) is 72.5 Å². The highest BCUT2D eigenvalue weighted by Gasteiger charge is 2.14. The Morgan fingerprint density at radius 1 is 1.62 bits per heavy atom. The minimum absolute atomic E-state index is 0.360. The standard InChI is InChI=1S/C9H19NO3/c1-3-4-7(2)6-13-9(12)8(10)5-11/h7-8,11H,3-6,10H2,1-2H3. The molecule has 0 spiro atoms. The third-order valence-electron chi connectivity index (χ3n) is 1.79. The highest BCUT2D eigenvalue weighted by molar-refractivity contribution is 5.75. The van der Waals surface area contributed by atoms with Gasteiger partial charge >= 0.3 is 5.97 Å². The summed E-state index contributed by atoms with van der Waals surface area (Å²) in [5.41, 5.74) is 5.25. The number of hydrogen-bond donors (Lipinski definition) is 2. The van der Waals surface area contributed by atoms with Gasteiger partial charge in [0.15, 0.2) is 0 Å². The minimum Gasteiger partial charge on any atom is -0.464 e. The van der Waals surface area contributed by atoms with Gasteiger partial charge in [-0.25, -0.2) is 0 Å². The van der Waals surface area contributed by atoms with E-state index in [9.17, 15) is 4.79 Å². The Bertz CT molecular complexity index is 150. The highest BCUT2D eigenvalue weighted by atomic mass is 16.5. The van der Waals surface area contributed by atoms with E-state index in [-0.39, 0.29) is 6.61 Å². The Labute approximate surface area is 79.1 Å². The molecule has 4 heteroatoms. The van der Waals surface area contributed by atoms with Gasteiger partial charge in [-0.05, 0) is 12.3 Å². The van der Waals surface area contributed by atoms with Gasteiger partial charge in [0.25, 0.3) is 0 Å². The molecule has 3 N–H and O–H groups in total. The second-order valence-corrected chi connectivity index (χ2v) is 3.31. The third-order valence-corrected chi connectivity index (χ3v) is 1.79. The van der Waals surface area contributed by atoms with E-state index >= 15 is 0 Å². The van der Waals surface area contributed by atoms with Crippen molar-refractivity contribution < 1.29 is 14.6 Å². The van der Waals surface area contributed by atoms with Crippen LogP contribution in [-0.2, 0) is 9.53 Å². The molecule has 13 heavy (non-hydrogen) atoms. The number of ether oxygens (including phenoxy) is 1. The van der Waals surface area contributed by atoms with Crippen molar-refractivity contribution in [1.82, 2.24) is 0 Å². The van der Waals surface area contributed by atoms with Gasteiger partial charge in [0.2, 0.25) is 0 Å². The number of rotatable bonds is 6. The Morgan fingerprint density at radius 2 is 2.23 bits per heavy atom. The molecule has 2 atom stereocenters. The van der Waals surface area contributed by atoms with Crippen molar-refractivity contribution in [2.75, 3.05) is 13.2 Å². The Balaban J connectivity index is 3.57. The van der Waals surface area contributed by atoms with Gasteiger partial charge in [-0.1, -0.05) is 20.3 Å². The number of aliphatic hydroxyl groups excluding tert-OH is 1. The molecule has 78 valence electrons. The molecule has 2 unspecified atom stereocenters. The van der Waals surface area contributed by atoms with E-state index in [0.717, 1.165) is 12.8 Å². The average molecular weight is 189 g/mol. The molecule has 0 radical (unpaired) electrons. The van der Waals surface area contributed by atoms with E-state index in [1.165, 1.54) is 0 Å². The first kappa shape index (κ1) is 12.4. The van der Waals surface area contributed by atoms with Crippen LogP contribution in [-0.4, -0.2) is 30.3 Å². The van der Waals surface area contributed by atoms with Gasteiger partial charge in [-0.2, -0.15) is 0 Å². The molecule has 0 fully saturated rings. The number of nitrogens with two attached hydrogens (primary N) is 1. The zero-order chi connectivity index (χ0) is 10.3. The zero-order valence-corrected chi connectivity index (χ0v) is 8.32. The molecule has 0 heterocycles. The van der Waals surface area contributed by atoms with E-state index in [1.807, 2.05) is 6.92 Å². The van der Waals surface area contributed by atoms with Gasteiger partial charge in [0.05, 0.1) is 13.2 Å². The number of aliphatic hydroxyl groups is 1. The highest BCUT2D eigenvalue weighted by Crippen LogP contribution is 2.05. The average Bonchev–Trinajstić information content (AvgIpc) is 2.13. The molecule has 0 amide bonds. The maximum absolute atomic E-state index is 11.0. The summed E-state index contributed by atoms with van der Waals surface area (Å²) in [5.74, 6) is -0.162. The molecule has 0 aromatic carbocycles. The smallest absolute Gasteiger partial charge is 0.325 e. The maximum atomic E-state index is 11.0. The number of carbonyl (C=O) groups is 1. The molecule has 0 aromatic rings. The fraction of sp³-hybridized carbons (Fsp3) is 0.889. The summed E-state index contributed by atoms with van der Waals surface area (Å²) in [4.78, 5) is 11.0. The SMILES string of the molecule is CCCC(C)COC(=O)C(N)CO. The second-order valence-electron chi connectivity index (χ2n) is 3.31. The maximum Gasteiger partial charge on any atom is 0.325 e. The lowest BCUT2D eigenvalue weighted by molar-refractivity contribution is -0.147. The molecule has 0 rings (SSSR count). The van der Waals surface area contributed by atoms with Crippen molar-refractivity contribution in [2.45, 2.75) is 32.7 Å². The van der Waals surface area contributed by atoms with Crippen molar-refractivity contribution in [3.63, 3.8) is 0 Å². The van der Waals surface area contributed by atoms with Crippen molar-refractivity contribution >= 4 is 5.97 Å². The first-order valence-electron chi connectivity index (χ1n) is 4.64. The molecular weight excluding hydrogens is 170 g/mol. The first-order valence-corrected chi connectivity index (χ1v) is 4.64. The summed E-state index contributed by atoms with van der Waals surface area (Å²) in [6, 6.07) is -0.895. The lowest BCUT2D eigenvalue weighted by Crippen LogP contribution is -2.36. The third kappa shape index (κ3) is 5.60. The quantitative estimate of drug-likeness (QED) is 0.589. The van der Waals surface area contributed by atoms with E-state index < -0.39 is 12.0 Å². The van der Waals surface area contributed by atoms with E-state index in [2.05, 4.69) is 6.92 Å². The predicted octanol–water partition coefficient (Wildman–Crippen LogP) is 0.285. The number of hydrogen-bond acceptors (Lipinski definition) is 4. The molecule has 0 aliphatic rings. The van der Waals surface area contributed by atoms with Gasteiger partial charge in [0.1, 0.15) is 6.04 Å². The van der Waals surface area contributed by atoms with Crippen LogP contribution < -0.4 is 5.73 Å². The zero-order valence-electron chi connectivity index (χ0n) is 8.32. The summed E-state index contributed by atoms with van der Waals surface area (Å²) in [7, 11) is 0. The van der Waals surface area contributed by atoms with Crippen molar-refractivity contribution in [3.05, 3.63) is 0 Å². The fourth-order valence-electron chi connectivity index (χ4n) is 0.982. The van der Waals surface area contributed by atoms with Crippen LogP contribution in [0, 0.1) is 5.92 Å². The van der Waals surface area contributed by atoms with Crippen LogP contribution in [0.4, 0.5) is 0 Å². The molecule has 0 aliphatic carbocycles. The van der Waals surface area contributed by atoms with Gasteiger partial charge in [-0.3, -0.25) is 4.79 Å². The van der Waals surface area contributed by atoms with Crippen LogP contribution >= 0.6 is 0 Å². The monoisotopic (exact) mass is 189 g/mol. The number of esters is 1. The van der Waals surface area contributed by atoms with Crippen LogP contribution in [0.5, 0.6) is 0 Å². The summed E-state index contributed by atoms with van der Waals surface area (Å²) >= 11 is 0. The minimum atomic E-state index is -0.895. The molecule has 0 saturated carbocycles.